The van der Waals surface area contributed by atoms with Crippen LogP contribution < -0.4 is 5.32 Å². The number of hydrogen-bond acceptors (Lipinski definition) is 2. The fourth-order valence-corrected chi connectivity index (χ4v) is 2.37. The molecule has 18 heavy (non-hydrogen) atoms. The van der Waals surface area contributed by atoms with E-state index in [4.69, 9.17) is 5.11 Å². The van der Waals surface area contributed by atoms with Crippen LogP contribution in [0.2, 0.25) is 0 Å². The van der Waals surface area contributed by atoms with Gasteiger partial charge in [0.25, 0.3) is 0 Å². The molecule has 5 nitrogen and oxygen atoms in total. The van der Waals surface area contributed by atoms with E-state index in [0.29, 0.717) is 19.6 Å². The van der Waals surface area contributed by atoms with Gasteiger partial charge in [-0.15, -0.1) is 0 Å². The van der Waals surface area contributed by atoms with Crippen LogP contribution in [0.1, 0.15) is 32.1 Å². The molecule has 0 saturated carbocycles. The Morgan fingerprint density at radius 3 is 2.78 bits per heavy atom. The van der Waals surface area contributed by atoms with Gasteiger partial charge in [-0.25, -0.2) is 4.79 Å². The molecule has 2 rings (SSSR count). The summed E-state index contributed by atoms with van der Waals surface area (Å²) < 4.78 is 0. The molecule has 1 aliphatic carbocycles. The molecule has 1 fully saturated rings. The van der Waals surface area contributed by atoms with Gasteiger partial charge in [0, 0.05) is 19.6 Å². The largest absolute Gasteiger partial charge is 0.481 e. The molecule has 1 saturated heterocycles. The Hall–Kier alpha value is -1.52. The second kappa shape index (κ2) is 5.89. The lowest BCUT2D eigenvalue weighted by molar-refractivity contribution is -0.146. The van der Waals surface area contributed by atoms with Crippen molar-refractivity contribution in [1.82, 2.24) is 10.2 Å². The summed E-state index contributed by atoms with van der Waals surface area (Å²) in [6, 6.07) is -0.135. The normalized spacial score (nSPS) is 20.0. The fraction of sp³-hybridized carbons (Fsp3) is 0.692. The summed E-state index contributed by atoms with van der Waals surface area (Å²) in [4.78, 5) is 23.8. The van der Waals surface area contributed by atoms with Gasteiger partial charge in [-0.1, -0.05) is 11.6 Å². The topological polar surface area (TPSA) is 69.6 Å². The molecule has 2 amide bonds. The number of nitrogens with zero attached hydrogens (tertiary/aromatic N) is 1. The second-order valence-corrected chi connectivity index (χ2v) is 5.03. The van der Waals surface area contributed by atoms with Crippen molar-refractivity contribution in [3.63, 3.8) is 0 Å². The number of carboxylic acids is 1. The highest BCUT2D eigenvalue weighted by atomic mass is 16.4. The van der Waals surface area contributed by atoms with Gasteiger partial charge < -0.3 is 15.3 Å². The zero-order valence-corrected chi connectivity index (χ0v) is 10.5. The van der Waals surface area contributed by atoms with Gasteiger partial charge in [-0.2, -0.15) is 0 Å². The number of likely N-dealkylation sites (tertiary alicyclic amines) is 1. The van der Waals surface area contributed by atoms with Gasteiger partial charge >= 0.3 is 12.0 Å². The van der Waals surface area contributed by atoms with Crippen LogP contribution >= 0.6 is 0 Å². The maximum atomic E-state index is 11.6. The van der Waals surface area contributed by atoms with Crippen molar-refractivity contribution in [2.45, 2.75) is 32.1 Å². The first kappa shape index (κ1) is 12.9. The Morgan fingerprint density at radius 2 is 2.17 bits per heavy atom. The van der Waals surface area contributed by atoms with E-state index >= 15 is 0 Å². The van der Waals surface area contributed by atoms with Crippen molar-refractivity contribution in [2.24, 2.45) is 5.92 Å². The highest BCUT2D eigenvalue weighted by Crippen LogP contribution is 2.19. The summed E-state index contributed by atoms with van der Waals surface area (Å²) in [5, 5.41) is 11.6. The molecule has 0 spiro atoms. The Morgan fingerprint density at radius 1 is 1.39 bits per heavy atom. The number of hydrogen-bond donors (Lipinski definition) is 2. The van der Waals surface area contributed by atoms with E-state index in [9.17, 15) is 9.59 Å². The van der Waals surface area contributed by atoms with Gasteiger partial charge in [0.15, 0.2) is 0 Å². The minimum Gasteiger partial charge on any atom is -0.481 e. The number of nitrogens with one attached hydrogen (secondary N) is 1. The van der Waals surface area contributed by atoms with E-state index in [0.717, 1.165) is 19.3 Å². The quantitative estimate of drug-likeness (QED) is 0.747. The van der Waals surface area contributed by atoms with E-state index in [2.05, 4.69) is 11.4 Å². The number of aliphatic carboxylic acids is 1. The summed E-state index contributed by atoms with van der Waals surface area (Å²) in [5.74, 6) is -1.19. The number of allylic oxidation sites excluding steroid dienone is 1. The predicted molar refractivity (Wildman–Crippen MR) is 67.3 cm³/mol. The maximum Gasteiger partial charge on any atom is 0.317 e. The second-order valence-electron chi connectivity index (χ2n) is 5.03. The van der Waals surface area contributed by atoms with Crippen LogP contribution in [0.3, 0.4) is 0 Å². The summed E-state index contributed by atoms with van der Waals surface area (Å²) in [5.41, 5.74) is 1.44. The van der Waals surface area contributed by atoms with Crippen molar-refractivity contribution >= 4 is 12.0 Å². The number of amides is 2. The molecule has 100 valence electrons. The average Bonchev–Trinajstić information content (AvgIpc) is 2.28. The zero-order valence-electron chi connectivity index (χ0n) is 10.5. The molecule has 0 unspecified atom stereocenters. The van der Waals surface area contributed by atoms with Crippen molar-refractivity contribution in [1.29, 1.82) is 0 Å². The monoisotopic (exact) mass is 252 g/mol. The van der Waals surface area contributed by atoms with Gasteiger partial charge in [0.1, 0.15) is 0 Å². The van der Waals surface area contributed by atoms with E-state index in [1.807, 2.05) is 0 Å². The van der Waals surface area contributed by atoms with E-state index in [1.54, 1.807) is 4.90 Å². The highest BCUT2D eigenvalue weighted by molar-refractivity contribution is 5.79. The first-order valence-corrected chi connectivity index (χ1v) is 6.60. The van der Waals surface area contributed by atoms with Crippen LogP contribution in [0, 0.1) is 5.92 Å². The number of carboxylic acid groups (broad SMARTS) is 1. The van der Waals surface area contributed by atoms with Crippen LogP contribution in [0.25, 0.3) is 0 Å². The predicted octanol–water partition coefficient (Wildman–Crippen LogP) is 1.60. The van der Waals surface area contributed by atoms with Crippen molar-refractivity contribution in [2.75, 3.05) is 19.6 Å². The number of rotatable bonds is 4. The van der Waals surface area contributed by atoms with E-state index < -0.39 is 5.97 Å². The third-order valence-corrected chi connectivity index (χ3v) is 3.63. The summed E-state index contributed by atoms with van der Waals surface area (Å²) in [6.45, 7) is 1.33. The molecule has 0 aromatic carbocycles. The van der Waals surface area contributed by atoms with Gasteiger partial charge in [-0.05, 0) is 32.1 Å². The summed E-state index contributed by atoms with van der Waals surface area (Å²) in [6.07, 6.45) is 8.05. The highest BCUT2D eigenvalue weighted by Gasteiger charge is 2.35. The molecular formula is C13H20N2O3. The number of urea groups is 1. The Bertz CT molecular complexity index is 359. The molecule has 0 bridgehead atoms. The molecule has 1 heterocycles. The first-order valence-electron chi connectivity index (χ1n) is 6.60. The minimum atomic E-state index is -0.814. The lowest BCUT2D eigenvalue weighted by Crippen LogP contribution is -2.56. The van der Waals surface area contributed by atoms with Crippen molar-refractivity contribution in [3.8, 4) is 0 Å². The smallest absolute Gasteiger partial charge is 0.317 e. The summed E-state index contributed by atoms with van der Waals surface area (Å²) in [7, 11) is 0. The summed E-state index contributed by atoms with van der Waals surface area (Å²) >= 11 is 0. The fourth-order valence-electron chi connectivity index (χ4n) is 2.37. The lowest BCUT2D eigenvalue weighted by atomic mass is 9.97. The van der Waals surface area contributed by atoms with Crippen molar-refractivity contribution < 1.29 is 14.7 Å². The number of carbonyl (C=O) groups is 2. The molecule has 0 aromatic heterocycles. The average molecular weight is 252 g/mol. The van der Waals surface area contributed by atoms with Crippen LogP contribution in [0.5, 0.6) is 0 Å². The van der Waals surface area contributed by atoms with Gasteiger partial charge in [0.05, 0.1) is 5.92 Å². The van der Waals surface area contributed by atoms with Crippen LogP contribution in [0.4, 0.5) is 4.79 Å². The minimum absolute atomic E-state index is 0.135. The Balaban J connectivity index is 1.61. The van der Waals surface area contributed by atoms with Gasteiger partial charge in [0.2, 0.25) is 0 Å². The molecule has 5 heteroatoms. The molecule has 2 aliphatic rings. The maximum absolute atomic E-state index is 11.6. The third-order valence-electron chi connectivity index (χ3n) is 3.63. The number of carbonyl (C=O) groups excluding carboxylic acids is 1. The van der Waals surface area contributed by atoms with Crippen molar-refractivity contribution in [3.05, 3.63) is 11.6 Å². The molecule has 2 N–H and O–H groups in total. The van der Waals surface area contributed by atoms with E-state index in [1.165, 1.54) is 18.4 Å². The SMILES string of the molecule is O=C(O)C1CN(C(=O)NCCC2=CCCCC2)C1. The standard InChI is InChI=1S/C13H20N2O3/c16-12(17)11-8-15(9-11)13(18)14-7-6-10-4-2-1-3-5-10/h4,11H,1-3,5-9H2,(H,14,18)(H,16,17). The molecule has 0 aromatic rings. The lowest BCUT2D eigenvalue weighted by Gasteiger charge is -2.36. The molecule has 1 aliphatic heterocycles. The molecule has 0 radical (unpaired) electrons. The van der Waals surface area contributed by atoms with Gasteiger partial charge in [-0.3, -0.25) is 4.79 Å². The Kier molecular flexibility index (Phi) is 4.23. The van der Waals surface area contributed by atoms with Crippen LogP contribution in [0.15, 0.2) is 11.6 Å². The van der Waals surface area contributed by atoms with Crippen LogP contribution in [-0.4, -0.2) is 41.6 Å². The van der Waals surface area contributed by atoms with E-state index in [-0.39, 0.29) is 11.9 Å². The first-order chi connectivity index (χ1) is 8.66. The molecular weight excluding hydrogens is 232 g/mol. The zero-order chi connectivity index (χ0) is 13.0. The van der Waals surface area contributed by atoms with Crippen LogP contribution in [-0.2, 0) is 4.79 Å². The third kappa shape index (κ3) is 3.24. The Labute approximate surface area is 107 Å². The molecule has 0 atom stereocenters.